The molecule has 1 atom stereocenters. The molecule has 0 aliphatic heterocycles. The van der Waals surface area contributed by atoms with Crippen LogP contribution in [0.15, 0.2) is 78.0 Å². The van der Waals surface area contributed by atoms with Gasteiger partial charge < -0.3 is 5.32 Å². The quantitative estimate of drug-likeness (QED) is 0.245. The molecule has 186 valence electrons. The van der Waals surface area contributed by atoms with Crippen molar-refractivity contribution in [2.75, 3.05) is 0 Å². The summed E-state index contributed by atoms with van der Waals surface area (Å²) in [6.45, 7) is 8.32. The van der Waals surface area contributed by atoms with Gasteiger partial charge in [-0.1, -0.05) is 98.2 Å². The number of amides is 1. The second kappa shape index (κ2) is 11.1. The van der Waals surface area contributed by atoms with Crippen LogP contribution in [0.5, 0.6) is 0 Å². The van der Waals surface area contributed by atoms with Gasteiger partial charge in [-0.2, -0.15) is 0 Å². The minimum absolute atomic E-state index is 0.0182. The number of carbonyl (C=O) groups is 1. The number of carbonyl (C=O) groups excluding carboxylic acids is 1. The Bertz CT molecular complexity index is 1350. The van der Waals surface area contributed by atoms with Crippen LogP contribution in [0.4, 0.5) is 0 Å². The largest absolute Gasteiger partial charge is 0.342 e. The highest BCUT2D eigenvalue weighted by atomic mass is 35.5. The first kappa shape index (κ1) is 26.3. The molecule has 1 unspecified atom stereocenters. The van der Waals surface area contributed by atoms with Gasteiger partial charge in [-0.05, 0) is 53.8 Å². The van der Waals surface area contributed by atoms with Gasteiger partial charge in [0.25, 0.3) is 5.91 Å². The molecule has 36 heavy (non-hydrogen) atoms. The van der Waals surface area contributed by atoms with E-state index < -0.39 is 6.04 Å². The van der Waals surface area contributed by atoms with Gasteiger partial charge in [-0.25, -0.2) is 0 Å². The highest BCUT2D eigenvalue weighted by Crippen LogP contribution is 2.32. The molecule has 0 aliphatic rings. The number of halogens is 2. The van der Waals surface area contributed by atoms with Gasteiger partial charge in [0.05, 0.1) is 16.8 Å². The topological polar surface area (TPSA) is 59.8 Å². The molecule has 3 aromatic carbocycles. The summed E-state index contributed by atoms with van der Waals surface area (Å²) in [6.07, 6.45) is 0. The Morgan fingerprint density at radius 2 is 1.69 bits per heavy atom. The number of hydrogen-bond donors (Lipinski definition) is 1. The van der Waals surface area contributed by atoms with Crippen LogP contribution >= 0.6 is 35.0 Å². The lowest BCUT2D eigenvalue weighted by atomic mass is 9.86. The zero-order valence-corrected chi connectivity index (χ0v) is 23.0. The van der Waals surface area contributed by atoms with E-state index in [1.54, 1.807) is 23.9 Å². The van der Waals surface area contributed by atoms with E-state index in [1.165, 1.54) is 11.1 Å². The summed E-state index contributed by atoms with van der Waals surface area (Å²) in [5.74, 6) is 1.11. The number of benzene rings is 3. The lowest BCUT2D eigenvalue weighted by Crippen LogP contribution is -2.28. The predicted octanol–water partition coefficient (Wildman–Crippen LogP) is 7.65. The number of nitrogens with one attached hydrogen (secondary N) is 1. The SMILES string of the molecule is CC(NC(=O)c1ccc(C(C)(C)C)cc1)c1nnc(SCc2ccccc2)n1-c1ccc(Cl)cc1Cl. The zero-order chi connectivity index (χ0) is 25.9. The summed E-state index contributed by atoms with van der Waals surface area (Å²) in [7, 11) is 0. The van der Waals surface area contributed by atoms with Crippen molar-refractivity contribution in [2.24, 2.45) is 0 Å². The van der Waals surface area contributed by atoms with E-state index in [-0.39, 0.29) is 11.3 Å². The first-order chi connectivity index (χ1) is 17.1. The van der Waals surface area contributed by atoms with Crippen LogP contribution in [0, 0.1) is 0 Å². The van der Waals surface area contributed by atoms with E-state index in [0.717, 1.165) is 0 Å². The van der Waals surface area contributed by atoms with Crippen LogP contribution in [0.25, 0.3) is 5.69 Å². The third-order valence-corrected chi connectivity index (χ3v) is 7.31. The Morgan fingerprint density at radius 3 is 2.33 bits per heavy atom. The molecule has 0 spiro atoms. The molecule has 0 saturated heterocycles. The maximum absolute atomic E-state index is 13.0. The molecule has 0 saturated carbocycles. The lowest BCUT2D eigenvalue weighted by Gasteiger charge is -2.20. The fourth-order valence-electron chi connectivity index (χ4n) is 3.73. The van der Waals surface area contributed by atoms with Crippen molar-refractivity contribution < 1.29 is 4.79 Å². The predicted molar refractivity (Wildman–Crippen MR) is 148 cm³/mol. The Hall–Kier alpha value is -2.80. The maximum Gasteiger partial charge on any atom is 0.251 e. The minimum Gasteiger partial charge on any atom is -0.342 e. The second-order valence-corrected chi connectivity index (χ2v) is 11.4. The van der Waals surface area contributed by atoms with E-state index >= 15 is 0 Å². The molecule has 1 amide bonds. The van der Waals surface area contributed by atoms with E-state index in [9.17, 15) is 4.79 Å². The van der Waals surface area contributed by atoms with Crippen molar-refractivity contribution in [3.63, 3.8) is 0 Å². The fraction of sp³-hybridized carbons (Fsp3) is 0.250. The third-order valence-electron chi connectivity index (χ3n) is 5.77. The Morgan fingerprint density at radius 1 is 1.00 bits per heavy atom. The van der Waals surface area contributed by atoms with Gasteiger partial charge >= 0.3 is 0 Å². The van der Waals surface area contributed by atoms with Crippen LogP contribution in [-0.2, 0) is 11.2 Å². The summed E-state index contributed by atoms with van der Waals surface area (Å²) in [5.41, 5.74) is 3.64. The molecule has 0 bridgehead atoms. The molecule has 0 aliphatic carbocycles. The van der Waals surface area contributed by atoms with Crippen LogP contribution in [0.2, 0.25) is 10.0 Å². The zero-order valence-electron chi connectivity index (χ0n) is 20.6. The standard InChI is InChI=1S/C28H28Cl2N4OS/c1-18(31-26(35)20-10-12-21(13-11-20)28(2,3)4)25-32-33-27(36-17-19-8-6-5-7-9-19)34(25)24-15-14-22(29)16-23(24)30/h5-16,18H,17H2,1-4H3,(H,31,35). The van der Waals surface area contributed by atoms with Gasteiger partial charge in [0.2, 0.25) is 0 Å². The number of rotatable bonds is 7. The van der Waals surface area contributed by atoms with Crippen LogP contribution in [0.3, 0.4) is 0 Å². The first-order valence-electron chi connectivity index (χ1n) is 11.6. The summed E-state index contributed by atoms with van der Waals surface area (Å²) in [5, 5.41) is 13.6. The van der Waals surface area contributed by atoms with E-state index in [1.807, 2.05) is 60.0 Å². The van der Waals surface area contributed by atoms with Crippen molar-refractivity contribution in [1.82, 2.24) is 20.1 Å². The van der Waals surface area contributed by atoms with Crippen molar-refractivity contribution in [1.29, 1.82) is 0 Å². The van der Waals surface area contributed by atoms with Crippen molar-refractivity contribution >= 4 is 40.9 Å². The van der Waals surface area contributed by atoms with Gasteiger partial charge in [0.15, 0.2) is 11.0 Å². The van der Waals surface area contributed by atoms with Crippen molar-refractivity contribution in [2.45, 2.75) is 50.1 Å². The summed E-state index contributed by atoms with van der Waals surface area (Å²) in [4.78, 5) is 13.0. The molecule has 5 nitrogen and oxygen atoms in total. The summed E-state index contributed by atoms with van der Waals surface area (Å²) < 4.78 is 1.89. The Kier molecular flexibility index (Phi) is 8.08. The molecular formula is C28H28Cl2N4OS. The van der Waals surface area contributed by atoms with E-state index in [0.29, 0.717) is 38.0 Å². The molecule has 1 heterocycles. The van der Waals surface area contributed by atoms with Gasteiger partial charge in [-0.15, -0.1) is 10.2 Å². The second-order valence-electron chi connectivity index (χ2n) is 9.57. The molecule has 8 heteroatoms. The number of hydrogen-bond acceptors (Lipinski definition) is 4. The minimum atomic E-state index is -0.426. The highest BCUT2D eigenvalue weighted by Gasteiger charge is 2.23. The molecule has 1 aromatic heterocycles. The van der Waals surface area contributed by atoms with E-state index in [2.05, 4.69) is 48.4 Å². The number of thioether (sulfide) groups is 1. The molecule has 1 N–H and O–H groups in total. The smallest absolute Gasteiger partial charge is 0.251 e. The van der Waals surface area contributed by atoms with Crippen molar-refractivity contribution in [3.05, 3.63) is 105 Å². The van der Waals surface area contributed by atoms with Crippen LogP contribution in [-0.4, -0.2) is 20.7 Å². The third kappa shape index (κ3) is 6.12. The van der Waals surface area contributed by atoms with Gasteiger partial charge in [0.1, 0.15) is 0 Å². The van der Waals surface area contributed by atoms with E-state index in [4.69, 9.17) is 23.2 Å². The highest BCUT2D eigenvalue weighted by molar-refractivity contribution is 7.98. The lowest BCUT2D eigenvalue weighted by molar-refractivity contribution is 0.0938. The molecule has 0 fully saturated rings. The number of nitrogens with zero attached hydrogens (tertiary/aromatic N) is 3. The molecule has 4 aromatic rings. The average Bonchev–Trinajstić information content (AvgIpc) is 3.26. The van der Waals surface area contributed by atoms with Crippen LogP contribution in [0.1, 0.15) is 61.0 Å². The maximum atomic E-state index is 13.0. The Labute approximate surface area is 226 Å². The molecule has 4 rings (SSSR count). The van der Waals surface area contributed by atoms with Crippen LogP contribution < -0.4 is 5.32 Å². The van der Waals surface area contributed by atoms with Gasteiger partial charge in [0, 0.05) is 16.3 Å². The summed E-state index contributed by atoms with van der Waals surface area (Å²) >= 11 is 14.3. The van der Waals surface area contributed by atoms with Gasteiger partial charge in [-0.3, -0.25) is 9.36 Å². The average molecular weight is 540 g/mol. The first-order valence-corrected chi connectivity index (χ1v) is 13.4. The molecular weight excluding hydrogens is 511 g/mol. The normalized spacial score (nSPS) is 12.4. The molecule has 0 radical (unpaired) electrons. The fourth-order valence-corrected chi connectivity index (χ4v) is 5.13. The number of aromatic nitrogens is 3. The summed E-state index contributed by atoms with van der Waals surface area (Å²) in [6, 6.07) is 22.7. The Balaban J connectivity index is 1.62. The monoisotopic (exact) mass is 538 g/mol. The van der Waals surface area contributed by atoms with Crippen molar-refractivity contribution in [3.8, 4) is 5.69 Å².